The van der Waals surface area contributed by atoms with Crippen LogP contribution in [0.3, 0.4) is 0 Å². The van der Waals surface area contributed by atoms with Gasteiger partial charge < -0.3 is 4.90 Å². The zero-order valence-electron chi connectivity index (χ0n) is 10.1. The van der Waals surface area contributed by atoms with Crippen molar-refractivity contribution in [1.82, 2.24) is 0 Å². The Morgan fingerprint density at radius 3 is 2.71 bits per heavy atom. The highest BCUT2D eigenvalue weighted by Crippen LogP contribution is 2.21. The van der Waals surface area contributed by atoms with E-state index in [4.69, 9.17) is 0 Å². The number of hydrogen-bond donors (Lipinski definition) is 0. The van der Waals surface area contributed by atoms with Gasteiger partial charge in [-0.15, -0.1) is 0 Å². The Kier molecular flexibility index (Phi) is 4.24. The molecule has 0 saturated carbocycles. The fraction of sp³-hybridized carbons (Fsp3) is 0.286. The minimum Gasteiger partial charge on any atom is -0.370 e. The maximum atomic E-state index is 3.51. The molecule has 0 unspecified atom stereocenters. The van der Waals surface area contributed by atoms with Gasteiger partial charge >= 0.3 is 0 Å². The summed E-state index contributed by atoms with van der Waals surface area (Å²) in [5.41, 5.74) is 5.35. The first-order valence-electron chi connectivity index (χ1n) is 5.58. The van der Waals surface area contributed by atoms with Crippen molar-refractivity contribution in [2.75, 3.05) is 11.9 Å². The Morgan fingerprint density at radius 1 is 1.29 bits per heavy atom. The minimum absolute atomic E-state index is 0.924. The van der Waals surface area contributed by atoms with Crippen LogP contribution in [-0.4, -0.2) is 7.05 Å². The largest absolute Gasteiger partial charge is 0.370 e. The summed E-state index contributed by atoms with van der Waals surface area (Å²) < 4.78 is 0. The molecule has 17 heavy (non-hydrogen) atoms. The number of thiophene rings is 1. The predicted molar refractivity (Wildman–Crippen MR) is 80.2 cm³/mol. The lowest BCUT2D eigenvalue weighted by Crippen LogP contribution is -2.16. The number of aryl methyl sites for hydroxylation is 1. The average Bonchev–Trinajstić information content (AvgIpc) is 2.81. The lowest BCUT2D eigenvalue weighted by atomic mass is 10.1. The maximum absolute atomic E-state index is 3.51. The summed E-state index contributed by atoms with van der Waals surface area (Å²) in [6.07, 6.45) is 0. The first kappa shape index (κ1) is 12.7. The van der Waals surface area contributed by atoms with Crippen LogP contribution in [0.2, 0.25) is 0 Å². The smallest absolute Gasteiger partial charge is 0.0434 e. The molecule has 90 valence electrons. The summed E-state index contributed by atoms with van der Waals surface area (Å²) >= 11 is 5.26. The van der Waals surface area contributed by atoms with Gasteiger partial charge in [0.15, 0.2) is 0 Å². The van der Waals surface area contributed by atoms with E-state index >= 15 is 0 Å². The number of nitrogens with zero attached hydrogens (tertiary/aromatic N) is 1. The summed E-state index contributed by atoms with van der Waals surface area (Å²) in [4.78, 5) is 2.28. The van der Waals surface area contributed by atoms with Crippen molar-refractivity contribution in [2.24, 2.45) is 0 Å². The monoisotopic (exact) mass is 309 g/mol. The number of alkyl halides is 1. The molecule has 0 amide bonds. The lowest BCUT2D eigenvalue weighted by molar-refractivity contribution is 0.926. The maximum Gasteiger partial charge on any atom is 0.0434 e. The second-order valence-corrected chi connectivity index (χ2v) is 5.57. The molecule has 0 aliphatic carbocycles. The van der Waals surface area contributed by atoms with Gasteiger partial charge in [-0.1, -0.05) is 22.0 Å². The predicted octanol–water partition coefficient (Wildman–Crippen LogP) is 4.59. The van der Waals surface area contributed by atoms with Crippen molar-refractivity contribution in [3.05, 3.63) is 51.7 Å². The quantitative estimate of drug-likeness (QED) is 0.747. The van der Waals surface area contributed by atoms with Crippen molar-refractivity contribution in [3.8, 4) is 0 Å². The van der Waals surface area contributed by atoms with Crippen molar-refractivity contribution in [2.45, 2.75) is 18.8 Å². The van der Waals surface area contributed by atoms with Gasteiger partial charge in [-0.25, -0.2) is 0 Å². The highest BCUT2D eigenvalue weighted by atomic mass is 79.9. The molecule has 0 aliphatic rings. The molecule has 0 fully saturated rings. The SMILES string of the molecule is Cc1cc(N(C)Cc2ccsc2)ccc1CBr. The molecule has 1 nitrogen and oxygen atoms in total. The third kappa shape index (κ3) is 3.11. The first-order chi connectivity index (χ1) is 8.20. The molecule has 1 aromatic heterocycles. The number of halogens is 1. The molecule has 0 aliphatic heterocycles. The second kappa shape index (κ2) is 5.69. The molecule has 0 saturated heterocycles. The second-order valence-electron chi connectivity index (χ2n) is 4.23. The molecule has 0 N–H and O–H groups in total. The zero-order valence-corrected chi connectivity index (χ0v) is 12.5. The van der Waals surface area contributed by atoms with E-state index < -0.39 is 0 Å². The number of rotatable bonds is 4. The molecule has 0 spiro atoms. The molecular formula is C14H16BrNS. The first-order valence-corrected chi connectivity index (χ1v) is 7.65. The van der Waals surface area contributed by atoms with Gasteiger partial charge in [0.2, 0.25) is 0 Å². The van der Waals surface area contributed by atoms with Crippen LogP contribution in [0.5, 0.6) is 0 Å². The summed E-state index contributed by atoms with van der Waals surface area (Å²) in [6, 6.07) is 8.82. The van der Waals surface area contributed by atoms with Crippen molar-refractivity contribution < 1.29 is 0 Å². The topological polar surface area (TPSA) is 3.24 Å². The van der Waals surface area contributed by atoms with E-state index in [2.05, 4.69) is 69.8 Å². The molecule has 1 aromatic carbocycles. The summed E-state index contributed by atoms with van der Waals surface area (Å²) in [7, 11) is 2.14. The van der Waals surface area contributed by atoms with Crippen LogP contribution < -0.4 is 4.90 Å². The van der Waals surface area contributed by atoms with E-state index in [1.165, 1.54) is 22.4 Å². The average molecular weight is 310 g/mol. The van der Waals surface area contributed by atoms with Crippen LogP contribution >= 0.6 is 27.3 Å². The van der Waals surface area contributed by atoms with Crippen LogP contribution in [0.15, 0.2) is 35.0 Å². The van der Waals surface area contributed by atoms with Gasteiger partial charge in [0.05, 0.1) is 0 Å². The Hall–Kier alpha value is -0.800. The zero-order chi connectivity index (χ0) is 12.3. The Morgan fingerprint density at radius 2 is 2.12 bits per heavy atom. The van der Waals surface area contributed by atoms with E-state index in [0.717, 1.165) is 11.9 Å². The van der Waals surface area contributed by atoms with Crippen LogP contribution in [0.25, 0.3) is 0 Å². The van der Waals surface area contributed by atoms with E-state index in [0.29, 0.717) is 0 Å². The third-order valence-electron chi connectivity index (χ3n) is 2.91. The van der Waals surface area contributed by atoms with Crippen molar-refractivity contribution in [3.63, 3.8) is 0 Å². The van der Waals surface area contributed by atoms with Crippen LogP contribution in [0.4, 0.5) is 5.69 Å². The molecular weight excluding hydrogens is 294 g/mol. The highest BCUT2D eigenvalue weighted by molar-refractivity contribution is 9.08. The fourth-order valence-corrected chi connectivity index (χ4v) is 3.10. The number of hydrogen-bond acceptors (Lipinski definition) is 2. The normalized spacial score (nSPS) is 10.5. The van der Waals surface area contributed by atoms with E-state index in [-0.39, 0.29) is 0 Å². The molecule has 2 rings (SSSR count). The van der Waals surface area contributed by atoms with E-state index in [1.54, 1.807) is 11.3 Å². The summed E-state index contributed by atoms with van der Waals surface area (Å²) in [6.45, 7) is 3.13. The van der Waals surface area contributed by atoms with Gasteiger partial charge in [0.25, 0.3) is 0 Å². The summed E-state index contributed by atoms with van der Waals surface area (Å²) in [5.74, 6) is 0. The number of anilines is 1. The Balaban J connectivity index is 2.14. The van der Waals surface area contributed by atoms with Crippen LogP contribution in [0.1, 0.15) is 16.7 Å². The van der Waals surface area contributed by atoms with Gasteiger partial charge in [-0.3, -0.25) is 0 Å². The molecule has 2 aromatic rings. The van der Waals surface area contributed by atoms with Crippen LogP contribution in [-0.2, 0) is 11.9 Å². The highest BCUT2D eigenvalue weighted by Gasteiger charge is 2.04. The molecule has 1 heterocycles. The Bertz CT molecular complexity index is 479. The van der Waals surface area contributed by atoms with Crippen molar-refractivity contribution >= 4 is 33.0 Å². The lowest BCUT2D eigenvalue weighted by Gasteiger charge is -2.20. The number of benzene rings is 1. The third-order valence-corrected chi connectivity index (χ3v) is 4.25. The standard InChI is InChI=1S/C14H16BrNS/c1-11-7-14(4-3-13(11)8-15)16(2)9-12-5-6-17-10-12/h3-7,10H,8-9H2,1-2H3. The van der Waals surface area contributed by atoms with Crippen LogP contribution in [0, 0.1) is 6.92 Å². The fourth-order valence-electron chi connectivity index (χ4n) is 1.82. The van der Waals surface area contributed by atoms with E-state index in [9.17, 15) is 0 Å². The minimum atomic E-state index is 0.924. The van der Waals surface area contributed by atoms with Gasteiger partial charge in [-0.05, 0) is 52.6 Å². The molecule has 0 bridgehead atoms. The van der Waals surface area contributed by atoms with E-state index in [1.807, 2.05) is 0 Å². The molecule has 3 heteroatoms. The molecule has 0 atom stereocenters. The molecule has 0 radical (unpaired) electrons. The van der Waals surface area contributed by atoms with Gasteiger partial charge in [-0.2, -0.15) is 11.3 Å². The summed E-state index contributed by atoms with van der Waals surface area (Å²) in [5, 5.41) is 5.26. The van der Waals surface area contributed by atoms with Gasteiger partial charge in [0, 0.05) is 24.6 Å². The van der Waals surface area contributed by atoms with Gasteiger partial charge in [0.1, 0.15) is 0 Å². The van der Waals surface area contributed by atoms with Crippen molar-refractivity contribution in [1.29, 1.82) is 0 Å². The Labute approximate surface area is 115 Å².